The van der Waals surface area contributed by atoms with Gasteiger partial charge in [-0.1, -0.05) is 6.07 Å². The summed E-state index contributed by atoms with van der Waals surface area (Å²) in [5, 5.41) is 10.0. The first-order valence-electron chi connectivity index (χ1n) is 7.19. The monoisotopic (exact) mass is 315 g/mol. The molecule has 2 rings (SSSR count). The number of likely N-dealkylation sites (tertiary alicyclic amines) is 1. The number of rotatable bonds is 2. The molecule has 1 heterocycles. The Morgan fingerprint density at radius 1 is 1.32 bits per heavy atom. The molecule has 1 atom stereocenters. The van der Waals surface area contributed by atoms with Crippen molar-refractivity contribution in [2.45, 2.75) is 39.0 Å². The van der Waals surface area contributed by atoms with Crippen molar-refractivity contribution in [2.24, 2.45) is 5.92 Å². The Balaban J connectivity index is 2.24. The van der Waals surface area contributed by atoms with Gasteiger partial charge in [0.25, 0.3) is 5.91 Å². The third kappa shape index (κ3) is 3.43. The quantitative estimate of drug-likeness (QED) is 0.910. The SMILES string of the molecule is Cc1ccc(C(F)(F)F)cc1C(=O)N1CCC(C(C)(C)O)C1. The first-order chi connectivity index (χ1) is 10.00. The van der Waals surface area contributed by atoms with Crippen LogP contribution in [-0.2, 0) is 6.18 Å². The van der Waals surface area contributed by atoms with E-state index in [0.29, 0.717) is 25.1 Å². The van der Waals surface area contributed by atoms with Gasteiger partial charge in [-0.05, 0) is 44.9 Å². The number of nitrogens with zero attached hydrogens (tertiary/aromatic N) is 1. The molecule has 6 heteroatoms. The first-order valence-corrected chi connectivity index (χ1v) is 7.19. The molecule has 0 bridgehead atoms. The summed E-state index contributed by atoms with van der Waals surface area (Å²) in [4.78, 5) is 14.0. The summed E-state index contributed by atoms with van der Waals surface area (Å²) >= 11 is 0. The Labute approximate surface area is 127 Å². The summed E-state index contributed by atoms with van der Waals surface area (Å²) in [7, 11) is 0. The number of aliphatic hydroxyl groups is 1. The van der Waals surface area contributed by atoms with Gasteiger partial charge in [-0.2, -0.15) is 13.2 Å². The van der Waals surface area contributed by atoms with Gasteiger partial charge in [0.1, 0.15) is 0 Å². The lowest BCUT2D eigenvalue weighted by molar-refractivity contribution is -0.137. The average molecular weight is 315 g/mol. The normalized spacial score (nSPS) is 19.6. The number of alkyl halides is 3. The van der Waals surface area contributed by atoms with Crippen LogP contribution in [0.15, 0.2) is 18.2 Å². The van der Waals surface area contributed by atoms with Crippen LogP contribution >= 0.6 is 0 Å². The van der Waals surface area contributed by atoms with Crippen molar-refractivity contribution in [3.8, 4) is 0 Å². The van der Waals surface area contributed by atoms with E-state index in [4.69, 9.17) is 0 Å². The maximum atomic E-state index is 12.8. The second-order valence-electron chi connectivity index (χ2n) is 6.42. The van der Waals surface area contributed by atoms with Crippen molar-refractivity contribution >= 4 is 5.91 Å². The molecule has 1 amide bonds. The van der Waals surface area contributed by atoms with Crippen LogP contribution in [0.2, 0.25) is 0 Å². The van der Waals surface area contributed by atoms with E-state index in [1.165, 1.54) is 11.0 Å². The van der Waals surface area contributed by atoms with Gasteiger partial charge < -0.3 is 10.0 Å². The Morgan fingerprint density at radius 3 is 2.45 bits per heavy atom. The molecule has 0 aromatic heterocycles. The predicted octanol–water partition coefficient (Wildman–Crippen LogP) is 3.25. The van der Waals surface area contributed by atoms with Crippen LogP contribution in [-0.4, -0.2) is 34.6 Å². The zero-order valence-corrected chi connectivity index (χ0v) is 12.9. The molecule has 1 N–H and O–H groups in total. The molecule has 0 aliphatic carbocycles. The molecule has 0 saturated carbocycles. The minimum atomic E-state index is -4.47. The first kappa shape index (κ1) is 16.8. The lowest BCUT2D eigenvalue weighted by Gasteiger charge is -2.25. The van der Waals surface area contributed by atoms with Gasteiger partial charge >= 0.3 is 6.18 Å². The van der Waals surface area contributed by atoms with Crippen molar-refractivity contribution in [2.75, 3.05) is 13.1 Å². The third-order valence-corrected chi connectivity index (χ3v) is 4.27. The number of hydrogen-bond acceptors (Lipinski definition) is 2. The maximum absolute atomic E-state index is 12.8. The smallest absolute Gasteiger partial charge is 0.390 e. The fourth-order valence-electron chi connectivity index (χ4n) is 2.72. The van der Waals surface area contributed by atoms with E-state index >= 15 is 0 Å². The molecule has 0 radical (unpaired) electrons. The van der Waals surface area contributed by atoms with Gasteiger partial charge in [0.05, 0.1) is 11.2 Å². The molecular formula is C16H20F3NO2. The Hall–Kier alpha value is -1.56. The summed E-state index contributed by atoms with van der Waals surface area (Å²) in [6, 6.07) is 3.21. The molecule has 1 aromatic carbocycles. The summed E-state index contributed by atoms with van der Waals surface area (Å²) < 4.78 is 38.4. The van der Waals surface area contributed by atoms with E-state index in [-0.39, 0.29) is 11.5 Å². The van der Waals surface area contributed by atoms with Crippen LogP contribution < -0.4 is 0 Å². The third-order valence-electron chi connectivity index (χ3n) is 4.27. The minimum absolute atomic E-state index is 0.0671. The standard InChI is InChI=1S/C16H20F3NO2/c1-10-4-5-11(16(17,18)19)8-13(10)14(21)20-7-6-12(9-20)15(2,3)22/h4-5,8,12,22H,6-7,9H2,1-3H3. The predicted molar refractivity (Wildman–Crippen MR) is 76.5 cm³/mol. The Kier molecular flexibility index (Phi) is 4.26. The number of benzene rings is 1. The van der Waals surface area contributed by atoms with E-state index < -0.39 is 23.2 Å². The van der Waals surface area contributed by atoms with Gasteiger partial charge in [-0.25, -0.2) is 0 Å². The largest absolute Gasteiger partial charge is 0.416 e. The number of carbonyl (C=O) groups is 1. The molecule has 1 fully saturated rings. The topological polar surface area (TPSA) is 40.5 Å². The fourth-order valence-corrected chi connectivity index (χ4v) is 2.72. The summed E-state index contributed by atoms with van der Waals surface area (Å²) in [5.41, 5.74) is -1.13. The van der Waals surface area contributed by atoms with Gasteiger partial charge in [0.15, 0.2) is 0 Å². The molecule has 0 spiro atoms. The van der Waals surface area contributed by atoms with Gasteiger partial charge in [-0.15, -0.1) is 0 Å². The van der Waals surface area contributed by atoms with Crippen LogP contribution in [0.1, 0.15) is 41.8 Å². The van der Waals surface area contributed by atoms with Crippen molar-refractivity contribution in [3.05, 3.63) is 34.9 Å². The highest BCUT2D eigenvalue weighted by Gasteiger charge is 2.37. The Bertz CT molecular complexity index is 576. The highest BCUT2D eigenvalue weighted by Crippen LogP contribution is 2.32. The molecule has 1 aromatic rings. The second kappa shape index (κ2) is 5.57. The van der Waals surface area contributed by atoms with E-state index in [2.05, 4.69) is 0 Å². The number of aryl methyl sites for hydroxylation is 1. The Morgan fingerprint density at radius 2 is 1.95 bits per heavy atom. The minimum Gasteiger partial charge on any atom is -0.390 e. The lowest BCUT2D eigenvalue weighted by atomic mass is 9.90. The van der Waals surface area contributed by atoms with Crippen molar-refractivity contribution < 1.29 is 23.1 Å². The average Bonchev–Trinajstić information content (AvgIpc) is 2.86. The van der Waals surface area contributed by atoms with Crippen LogP contribution in [0.5, 0.6) is 0 Å². The van der Waals surface area contributed by atoms with E-state index in [9.17, 15) is 23.1 Å². The van der Waals surface area contributed by atoms with Crippen molar-refractivity contribution in [3.63, 3.8) is 0 Å². The molecule has 3 nitrogen and oxygen atoms in total. The van der Waals surface area contributed by atoms with Crippen molar-refractivity contribution in [1.82, 2.24) is 4.90 Å². The number of hydrogen-bond donors (Lipinski definition) is 1. The van der Waals surface area contributed by atoms with Crippen LogP contribution in [0.4, 0.5) is 13.2 Å². The van der Waals surface area contributed by atoms with Crippen molar-refractivity contribution in [1.29, 1.82) is 0 Å². The van der Waals surface area contributed by atoms with Crippen LogP contribution in [0.3, 0.4) is 0 Å². The van der Waals surface area contributed by atoms with Gasteiger partial charge in [0, 0.05) is 24.6 Å². The zero-order chi connectivity index (χ0) is 16.7. The maximum Gasteiger partial charge on any atom is 0.416 e. The van der Waals surface area contributed by atoms with Gasteiger partial charge in [-0.3, -0.25) is 4.79 Å². The molecule has 1 aliphatic rings. The summed E-state index contributed by atoms with van der Waals surface area (Å²) in [6.45, 7) is 5.79. The molecule has 1 unspecified atom stereocenters. The van der Waals surface area contributed by atoms with Gasteiger partial charge in [0.2, 0.25) is 0 Å². The summed E-state index contributed by atoms with van der Waals surface area (Å²) in [5.74, 6) is -0.474. The molecule has 1 aliphatic heterocycles. The van der Waals surface area contributed by atoms with E-state index in [0.717, 1.165) is 12.1 Å². The van der Waals surface area contributed by atoms with E-state index in [1.807, 2.05) is 0 Å². The molecular weight excluding hydrogens is 295 g/mol. The van der Waals surface area contributed by atoms with Crippen LogP contribution in [0, 0.1) is 12.8 Å². The molecule has 22 heavy (non-hydrogen) atoms. The molecule has 122 valence electrons. The fraction of sp³-hybridized carbons (Fsp3) is 0.562. The zero-order valence-electron chi connectivity index (χ0n) is 12.9. The lowest BCUT2D eigenvalue weighted by Crippen LogP contribution is -2.35. The number of carbonyl (C=O) groups excluding carboxylic acids is 1. The number of halogens is 3. The van der Waals surface area contributed by atoms with Crippen LogP contribution in [0.25, 0.3) is 0 Å². The number of amides is 1. The van der Waals surface area contributed by atoms with E-state index in [1.54, 1.807) is 20.8 Å². The molecule has 1 saturated heterocycles. The highest BCUT2D eigenvalue weighted by molar-refractivity contribution is 5.96. The summed E-state index contributed by atoms with van der Waals surface area (Å²) in [6.07, 6.45) is -3.82. The second-order valence-corrected chi connectivity index (χ2v) is 6.42. The highest BCUT2D eigenvalue weighted by atomic mass is 19.4.